The molecule has 2 fully saturated rings. The van der Waals surface area contributed by atoms with E-state index in [9.17, 15) is 9.00 Å². The molecule has 4 aromatic carbocycles. The van der Waals surface area contributed by atoms with Crippen LogP contribution in [0.25, 0.3) is 6.08 Å². The third kappa shape index (κ3) is 6.62. The average molecular weight is 635 g/mol. The number of hydrogen-bond acceptors (Lipinski definition) is 4. The molecule has 2 saturated carbocycles. The van der Waals surface area contributed by atoms with E-state index in [0.717, 1.165) is 40.2 Å². The van der Waals surface area contributed by atoms with Crippen LogP contribution in [0.4, 0.5) is 0 Å². The van der Waals surface area contributed by atoms with Crippen molar-refractivity contribution < 1.29 is 13.7 Å². The number of fused-ring (bicyclic) bond motifs is 1. The van der Waals surface area contributed by atoms with Gasteiger partial charge in [-0.15, -0.1) is 11.8 Å². The number of rotatable bonds is 8. The molecule has 7 atom stereocenters. The Morgan fingerprint density at radius 1 is 0.822 bits per heavy atom. The summed E-state index contributed by atoms with van der Waals surface area (Å²) < 4.78 is 20.4. The minimum absolute atomic E-state index is 0.00270. The summed E-state index contributed by atoms with van der Waals surface area (Å²) in [5.74, 6) is 1.12. The molecule has 0 aliphatic heterocycles. The lowest BCUT2D eigenvalue weighted by atomic mass is 9.61. The zero-order valence-corrected chi connectivity index (χ0v) is 28.2. The van der Waals surface area contributed by atoms with E-state index in [1.165, 1.54) is 16.0 Å². The van der Waals surface area contributed by atoms with Crippen LogP contribution in [-0.4, -0.2) is 27.6 Å². The van der Waals surface area contributed by atoms with Crippen LogP contribution < -0.4 is 4.74 Å². The number of allylic oxidation sites excluding steroid dienone is 1. The first kappa shape index (κ1) is 31.6. The Hall–Kier alpha value is -3.41. The fourth-order valence-electron chi connectivity index (χ4n) is 7.57. The van der Waals surface area contributed by atoms with Crippen LogP contribution >= 0.6 is 11.8 Å². The first-order chi connectivity index (χ1) is 21.9. The standard InChI is InChI=1S/C40H42O3S2/c1-5-10-32-27(3)11-9-14-33(32)37-24-38(41)35-25-39(44-30-12-7-6-8-13-30)34(28-17-19-29(43-4)20-18-28)23-36(35)40(37)45(42)31-21-15-26(2)16-22-31/h5-22,34-37,39-40H,23-25H2,1-4H3/b10-5-/t34?,35-,36+,37?,39?,40?,45?/m1/s1. The molecule has 3 nitrogen and oxygen atoms in total. The van der Waals surface area contributed by atoms with Gasteiger partial charge in [0.15, 0.2) is 0 Å². The highest BCUT2D eigenvalue weighted by Crippen LogP contribution is 2.55. The zero-order chi connectivity index (χ0) is 31.5. The minimum atomic E-state index is -1.29. The van der Waals surface area contributed by atoms with Crippen LogP contribution in [0.2, 0.25) is 0 Å². The lowest BCUT2D eigenvalue weighted by Gasteiger charge is -2.49. The van der Waals surface area contributed by atoms with E-state index in [2.05, 4.69) is 92.7 Å². The SMILES string of the molecule is C/C=C\c1c(C)cccc1C1CC(=O)[C@@H]2CC(Sc3ccccc3)C(c3ccc(OC)cc3)C[C@@H]2C1S(=O)c1ccc(C)cc1. The second-order valence-electron chi connectivity index (χ2n) is 12.5. The van der Waals surface area contributed by atoms with Crippen LogP contribution in [0.5, 0.6) is 5.75 Å². The summed E-state index contributed by atoms with van der Waals surface area (Å²) in [7, 11) is 0.405. The molecule has 0 bridgehead atoms. The van der Waals surface area contributed by atoms with Gasteiger partial charge in [0.1, 0.15) is 11.5 Å². The number of ether oxygens (including phenoxy) is 1. The van der Waals surface area contributed by atoms with Crippen LogP contribution in [0.1, 0.15) is 65.8 Å². The molecule has 0 N–H and O–H groups in total. The number of carbonyl (C=O) groups excluding carboxylic acids is 1. The molecule has 0 amide bonds. The summed E-state index contributed by atoms with van der Waals surface area (Å²) in [6.45, 7) is 6.22. The smallest absolute Gasteiger partial charge is 0.136 e. The molecular weight excluding hydrogens is 593 g/mol. The third-order valence-electron chi connectivity index (χ3n) is 9.80. The molecule has 232 valence electrons. The molecule has 5 unspecified atom stereocenters. The van der Waals surface area contributed by atoms with Crippen LogP contribution in [0.3, 0.4) is 0 Å². The Morgan fingerprint density at radius 2 is 1.56 bits per heavy atom. The molecule has 6 rings (SSSR count). The van der Waals surface area contributed by atoms with Crippen molar-refractivity contribution in [3.8, 4) is 5.75 Å². The maximum atomic E-state index is 14.9. The minimum Gasteiger partial charge on any atom is -0.497 e. The van der Waals surface area contributed by atoms with Crippen LogP contribution in [0.15, 0.2) is 113 Å². The number of hydrogen-bond donors (Lipinski definition) is 0. The fraction of sp³-hybridized carbons (Fsp3) is 0.325. The molecule has 2 aliphatic carbocycles. The van der Waals surface area contributed by atoms with Gasteiger partial charge in [-0.25, -0.2) is 0 Å². The van der Waals surface area contributed by atoms with Gasteiger partial charge in [0.2, 0.25) is 0 Å². The first-order valence-electron chi connectivity index (χ1n) is 16.0. The Kier molecular flexibility index (Phi) is 9.77. The number of methoxy groups -OCH3 is 1. The lowest BCUT2D eigenvalue weighted by Crippen LogP contribution is -2.50. The summed E-state index contributed by atoms with van der Waals surface area (Å²) in [6.07, 6.45) is 6.24. The number of thioether (sulfide) groups is 1. The normalized spacial score (nSPS) is 25.6. The van der Waals surface area contributed by atoms with E-state index in [0.29, 0.717) is 12.2 Å². The molecular formula is C40H42O3S2. The van der Waals surface area contributed by atoms with Gasteiger partial charge in [0.25, 0.3) is 0 Å². The maximum Gasteiger partial charge on any atom is 0.136 e. The van der Waals surface area contributed by atoms with Crippen molar-refractivity contribution in [1.82, 2.24) is 0 Å². The van der Waals surface area contributed by atoms with E-state index in [4.69, 9.17) is 4.74 Å². The number of aryl methyl sites for hydroxylation is 2. The van der Waals surface area contributed by atoms with Gasteiger partial charge >= 0.3 is 0 Å². The highest BCUT2D eigenvalue weighted by atomic mass is 32.2. The maximum absolute atomic E-state index is 14.9. The van der Waals surface area contributed by atoms with Crippen molar-refractivity contribution in [2.24, 2.45) is 11.8 Å². The summed E-state index contributed by atoms with van der Waals surface area (Å²) in [5.41, 5.74) is 5.88. The first-order valence-corrected chi connectivity index (χ1v) is 18.0. The highest BCUT2D eigenvalue weighted by Gasteiger charge is 2.52. The molecule has 45 heavy (non-hydrogen) atoms. The van der Waals surface area contributed by atoms with Crippen molar-refractivity contribution in [3.63, 3.8) is 0 Å². The largest absolute Gasteiger partial charge is 0.497 e. The summed E-state index contributed by atoms with van der Waals surface area (Å²) in [4.78, 5) is 16.4. The van der Waals surface area contributed by atoms with Gasteiger partial charge in [0, 0.05) is 33.3 Å². The molecule has 0 radical (unpaired) electrons. The van der Waals surface area contributed by atoms with Crippen molar-refractivity contribution in [1.29, 1.82) is 0 Å². The second kappa shape index (κ2) is 13.9. The van der Waals surface area contributed by atoms with Gasteiger partial charge in [-0.05, 0) is 104 Å². The second-order valence-corrected chi connectivity index (χ2v) is 15.4. The van der Waals surface area contributed by atoms with Gasteiger partial charge in [-0.3, -0.25) is 9.00 Å². The number of benzene rings is 4. The van der Waals surface area contributed by atoms with E-state index >= 15 is 0 Å². The summed E-state index contributed by atoms with van der Waals surface area (Å²) in [5, 5.41) is 0.0539. The van der Waals surface area contributed by atoms with E-state index in [1.54, 1.807) is 7.11 Å². The van der Waals surface area contributed by atoms with E-state index in [1.807, 2.05) is 49.0 Å². The van der Waals surface area contributed by atoms with Gasteiger partial charge in [-0.1, -0.05) is 78.4 Å². The Morgan fingerprint density at radius 3 is 2.24 bits per heavy atom. The molecule has 0 aromatic heterocycles. The molecule has 0 saturated heterocycles. The zero-order valence-electron chi connectivity index (χ0n) is 26.5. The molecule has 0 heterocycles. The predicted octanol–water partition coefficient (Wildman–Crippen LogP) is 9.55. The predicted molar refractivity (Wildman–Crippen MR) is 188 cm³/mol. The van der Waals surface area contributed by atoms with Gasteiger partial charge in [0.05, 0.1) is 23.2 Å². The Labute approximate surface area is 275 Å². The van der Waals surface area contributed by atoms with Crippen LogP contribution in [0, 0.1) is 25.7 Å². The molecule has 5 heteroatoms. The Bertz CT molecular complexity index is 1680. The number of ketones is 1. The molecule has 2 aliphatic rings. The monoisotopic (exact) mass is 634 g/mol. The topological polar surface area (TPSA) is 43.4 Å². The van der Waals surface area contributed by atoms with Crippen molar-refractivity contribution >= 4 is 34.4 Å². The fourth-order valence-corrected chi connectivity index (χ4v) is 10.8. The summed E-state index contributed by atoms with van der Waals surface area (Å²) in [6, 6.07) is 33.5. The molecule has 4 aromatic rings. The van der Waals surface area contributed by atoms with E-state index in [-0.39, 0.29) is 34.2 Å². The van der Waals surface area contributed by atoms with Gasteiger partial charge < -0.3 is 4.74 Å². The van der Waals surface area contributed by atoms with E-state index < -0.39 is 10.8 Å². The van der Waals surface area contributed by atoms with Crippen molar-refractivity contribution in [2.75, 3.05) is 7.11 Å². The highest BCUT2D eigenvalue weighted by molar-refractivity contribution is 8.00. The van der Waals surface area contributed by atoms with Gasteiger partial charge in [-0.2, -0.15) is 0 Å². The lowest BCUT2D eigenvalue weighted by molar-refractivity contribution is -0.128. The van der Waals surface area contributed by atoms with Crippen LogP contribution in [-0.2, 0) is 15.6 Å². The molecule has 0 spiro atoms. The van der Waals surface area contributed by atoms with Crippen molar-refractivity contribution in [3.05, 3.63) is 131 Å². The Balaban J connectivity index is 1.46. The van der Waals surface area contributed by atoms with Crippen molar-refractivity contribution in [2.45, 2.75) is 72.2 Å². The average Bonchev–Trinajstić information content (AvgIpc) is 3.06. The quantitative estimate of drug-likeness (QED) is 0.194. The third-order valence-corrected chi connectivity index (χ3v) is 13.1. The number of Topliss-reactive ketones (excluding diaryl/α,β-unsaturated/α-hetero) is 1. The number of carbonyl (C=O) groups is 1. The summed E-state index contributed by atoms with van der Waals surface area (Å²) >= 11 is 1.88.